The molecule has 3 amide bonds. The highest BCUT2D eigenvalue weighted by molar-refractivity contribution is 7.90. The highest BCUT2D eigenvalue weighted by Crippen LogP contribution is 2.22. The van der Waals surface area contributed by atoms with E-state index in [-0.39, 0.29) is 22.0 Å². The van der Waals surface area contributed by atoms with Gasteiger partial charge in [0, 0.05) is 12.2 Å². The van der Waals surface area contributed by atoms with Crippen molar-refractivity contribution >= 4 is 43.7 Å². The number of aryl methyl sites for hydroxylation is 1. The lowest BCUT2D eigenvalue weighted by Crippen LogP contribution is -2.49. The lowest BCUT2D eigenvalue weighted by Gasteiger charge is -2.24. The van der Waals surface area contributed by atoms with Gasteiger partial charge < -0.3 is 20.7 Å². The molecular weight excluding hydrogens is 498 g/mol. The van der Waals surface area contributed by atoms with Gasteiger partial charge in [-0.15, -0.1) is 4.40 Å². The molecule has 1 fully saturated rings. The molecule has 1 saturated heterocycles. The largest absolute Gasteiger partial charge is 0.468 e. The molecule has 3 rings (SSSR count). The molecule has 4 N–H and O–H groups in total. The predicted molar refractivity (Wildman–Crippen MR) is 128 cm³/mol. The number of amidine groups is 1. The number of nitrogens with one attached hydrogen (secondary N) is 2. The molecule has 2 aromatic carbocycles. The minimum absolute atomic E-state index is 0.0664. The molecule has 2 aromatic rings. The van der Waals surface area contributed by atoms with Gasteiger partial charge in [-0.25, -0.2) is 17.9 Å². The van der Waals surface area contributed by atoms with Crippen molar-refractivity contribution in [3.05, 3.63) is 54.1 Å². The number of nitrogens with zero attached hydrogens (tertiary/aromatic N) is 2. The van der Waals surface area contributed by atoms with E-state index in [1.165, 1.54) is 43.5 Å². The third-order valence-corrected chi connectivity index (χ3v) is 7.83. The maximum Gasteiger partial charge on any atom is 0.331 e. The van der Waals surface area contributed by atoms with Crippen LogP contribution in [0.1, 0.15) is 18.4 Å². The number of benzene rings is 2. The molecule has 0 aliphatic carbocycles. The van der Waals surface area contributed by atoms with Gasteiger partial charge in [0.2, 0.25) is 5.91 Å². The van der Waals surface area contributed by atoms with E-state index in [4.69, 9.17) is 5.73 Å². The van der Waals surface area contributed by atoms with Crippen LogP contribution in [0.5, 0.6) is 0 Å². The number of urea groups is 1. The van der Waals surface area contributed by atoms with Crippen LogP contribution in [0, 0.1) is 6.92 Å². The average Bonchev–Trinajstić information content (AvgIpc) is 3.29. The Morgan fingerprint density at radius 1 is 1.03 bits per heavy atom. The third-order valence-electron chi connectivity index (χ3n) is 5.21. The Labute approximate surface area is 203 Å². The molecule has 1 heterocycles. The van der Waals surface area contributed by atoms with Crippen LogP contribution >= 0.6 is 0 Å². The Bertz CT molecular complexity index is 1340. The van der Waals surface area contributed by atoms with Crippen molar-refractivity contribution < 1.29 is 31.2 Å². The van der Waals surface area contributed by atoms with E-state index < -0.39 is 44.0 Å². The quantitative estimate of drug-likeness (QED) is 0.373. The maximum atomic E-state index is 12.8. The predicted octanol–water partition coefficient (Wildman–Crippen LogP) is 1.15. The van der Waals surface area contributed by atoms with Gasteiger partial charge in [-0.2, -0.15) is 8.42 Å². The molecule has 1 atom stereocenters. The number of ether oxygens (including phenoxy) is 1. The zero-order valence-electron chi connectivity index (χ0n) is 19.0. The zero-order valence-corrected chi connectivity index (χ0v) is 20.6. The SMILES string of the molecule is CO/C(N)=N/S(=O)(=O)c1ccc(NC(=O)[C@@H]2CCCN2C(=O)NS(=O)(=O)c2ccc(C)cc2)cc1. The summed E-state index contributed by atoms with van der Waals surface area (Å²) in [5.41, 5.74) is 6.43. The minimum Gasteiger partial charge on any atom is -0.468 e. The Morgan fingerprint density at radius 3 is 2.23 bits per heavy atom. The summed E-state index contributed by atoms with van der Waals surface area (Å²) in [5, 5.41) is 2.61. The molecule has 35 heavy (non-hydrogen) atoms. The minimum atomic E-state index is -4.11. The third kappa shape index (κ3) is 6.27. The summed E-state index contributed by atoms with van der Waals surface area (Å²) in [4.78, 5) is 26.4. The van der Waals surface area contributed by atoms with Gasteiger partial charge in [-0.05, 0) is 56.2 Å². The highest BCUT2D eigenvalue weighted by Gasteiger charge is 2.36. The molecule has 0 saturated carbocycles. The maximum absolute atomic E-state index is 12.8. The summed E-state index contributed by atoms with van der Waals surface area (Å²) in [6.07, 6.45) is 0.841. The van der Waals surface area contributed by atoms with Crippen molar-refractivity contribution in [3.63, 3.8) is 0 Å². The zero-order chi connectivity index (χ0) is 25.8. The van der Waals surface area contributed by atoms with Crippen molar-refractivity contribution in [1.82, 2.24) is 9.62 Å². The lowest BCUT2D eigenvalue weighted by atomic mass is 10.2. The number of carbonyl (C=O) groups is 2. The van der Waals surface area contributed by atoms with E-state index in [1.807, 2.05) is 4.72 Å². The first-order chi connectivity index (χ1) is 16.4. The molecule has 0 radical (unpaired) electrons. The summed E-state index contributed by atoms with van der Waals surface area (Å²) in [7, 11) is -7.02. The second-order valence-corrected chi connectivity index (χ2v) is 11.0. The molecule has 1 aliphatic heterocycles. The van der Waals surface area contributed by atoms with Crippen molar-refractivity contribution in [2.75, 3.05) is 19.0 Å². The first-order valence-electron chi connectivity index (χ1n) is 10.4. The normalized spacial score (nSPS) is 16.6. The Kier molecular flexibility index (Phi) is 7.65. The average molecular weight is 524 g/mol. The summed E-state index contributed by atoms with van der Waals surface area (Å²) in [6.45, 7) is 2.00. The number of likely N-dealkylation sites (tertiary alicyclic amines) is 1. The number of nitrogens with two attached hydrogens (primary N) is 1. The standard InChI is InChI=1S/C21H25N5O7S2/c1-14-5-9-16(10-6-14)35(31,32)25-21(28)26-13-3-4-18(26)19(27)23-15-7-11-17(12-8-15)34(29,30)24-20(22)33-2/h5-12,18H,3-4,13H2,1-2H3,(H2,22,24)(H,23,27)(H,25,28)/t18-/m0/s1. The van der Waals surface area contributed by atoms with Gasteiger partial charge in [0.1, 0.15) is 6.04 Å². The van der Waals surface area contributed by atoms with Crippen LogP contribution < -0.4 is 15.8 Å². The first kappa shape index (κ1) is 26.0. The summed E-state index contributed by atoms with van der Waals surface area (Å²) in [6, 6.07) is 8.82. The van der Waals surface area contributed by atoms with Crippen LogP contribution in [0.4, 0.5) is 10.5 Å². The van der Waals surface area contributed by atoms with E-state index >= 15 is 0 Å². The second kappa shape index (κ2) is 10.3. The molecular formula is C21H25N5O7S2. The molecule has 0 bridgehead atoms. The number of sulfonamides is 2. The van der Waals surface area contributed by atoms with E-state index in [2.05, 4.69) is 14.5 Å². The lowest BCUT2D eigenvalue weighted by molar-refractivity contribution is -0.119. The van der Waals surface area contributed by atoms with Crippen molar-refractivity contribution in [2.45, 2.75) is 35.6 Å². The number of hydrogen-bond acceptors (Lipinski definition) is 7. The second-order valence-electron chi connectivity index (χ2n) is 7.70. The number of hydrogen-bond donors (Lipinski definition) is 3. The van der Waals surface area contributed by atoms with Crippen LogP contribution in [0.3, 0.4) is 0 Å². The number of methoxy groups -OCH3 is 1. The highest BCUT2D eigenvalue weighted by atomic mass is 32.2. The monoisotopic (exact) mass is 523 g/mol. The fourth-order valence-electron chi connectivity index (χ4n) is 3.38. The number of anilines is 1. The van der Waals surface area contributed by atoms with Gasteiger partial charge in [0.15, 0.2) is 0 Å². The van der Waals surface area contributed by atoms with E-state index in [1.54, 1.807) is 19.1 Å². The van der Waals surface area contributed by atoms with Crippen LogP contribution in [-0.4, -0.2) is 59.4 Å². The molecule has 1 aliphatic rings. The molecule has 0 aromatic heterocycles. The van der Waals surface area contributed by atoms with Gasteiger partial charge in [-0.3, -0.25) is 4.79 Å². The Balaban J connectivity index is 1.68. The fraction of sp³-hybridized carbons (Fsp3) is 0.286. The van der Waals surface area contributed by atoms with Gasteiger partial charge in [0.25, 0.3) is 26.1 Å². The topological polar surface area (TPSA) is 177 Å². The summed E-state index contributed by atoms with van der Waals surface area (Å²) < 4.78 is 59.3. The summed E-state index contributed by atoms with van der Waals surface area (Å²) >= 11 is 0. The molecule has 0 spiro atoms. The molecule has 14 heteroatoms. The fourth-order valence-corrected chi connectivity index (χ4v) is 5.23. The van der Waals surface area contributed by atoms with Crippen molar-refractivity contribution in [2.24, 2.45) is 10.1 Å². The van der Waals surface area contributed by atoms with E-state index in [9.17, 15) is 26.4 Å². The number of rotatable bonds is 6. The molecule has 12 nitrogen and oxygen atoms in total. The number of carbonyl (C=O) groups excluding carboxylic acids is 2. The van der Waals surface area contributed by atoms with Crippen LogP contribution in [-0.2, 0) is 29.6 Å². The molecule has 0 unspecified atom stereocenters. The van der Waals surface area contributed by atoms with E-state index in [0.717, 1.165) is 10.5 Å². The van der Waals surface area contributed by atoms with Gasteiger partial charge in [0.05, 0.1) is 16.9 Å². The van der Waals surface area contributed by atoms with Crippen molar-refractivity contribution in [1.29, 1.82) is 0 Å². The van der Waals surface area contributed by atoms with Gasteiger partial charge in [-0.1, -0.05) is 17.7 Å². The van der Waals surface area contributed by atoms with Crippen LogP contribution in [0.25, 0.3) is 0 Å². The molecule has 188 valence electrons. The van der Waals surface area contributed by atoms with Crippen LogP contribution in [0.15, 0.2) is 62.7 Å². The first-order valence-corrected chi connectivity index (χ1v) is 13.3. The summed E-state index contributed by atoms with van der Waals surface area (Å²) in [5.74, 6) is -0.539. The number of amides is 3. The van der Waals surface area contributed by atoms with Gasteiger partial charge >= 0.3 is 6.03 Å². The Morgan fingerprint density at radius 2 is 1.63 bits per heavy atom. The Hall–Kier alpha value is -3.65. The van der Waals surface area contributed by atoms with Crippen LogP contribution in [0.2, 0.25) is 0 Å². The smallest absolute Gasteiger partial charge is 0.331 e. The van der Waals surface area contributed by atoms with Crippen molar-refractivity contribution in [3.8, 4) is 0 Å². The van der Waals surface area contributed by atoms with E-state index in [0.29, 0.717) is 12.8 Å².